The van der Waals surface area contributed by atoms with E-state index in [4.69, 9.17) is 52.8 Å². The molecule has 16 heteroatoms. The number of nitrogens with one attached hydrogen (secondary N) is 1. The quantitative estimate of drug-likeness (QED) is 0.0613. The van der Waals surface area contributed by atoms with Crippen molar-refractivity contribution in [1.82, 2.24) is 10.2 Å². The van der Waals surface area contributed by atoms with E-state index in [1.165, 1.54) is 0 Å². The van der Waals surface area contributed by atoms with Gasteiger partial charge in [0.25, 0.3) is 0 Å². The summed E-state index contributed by atoms with van der Waals surface area (Å²) in [5.41, 5.74) is -0.333. The van der Waals surface area contributed by atoms with Crippen LogP contribution in [-0.4, -0.2) is 178 Å². The SMILES string of the molecule is CC.CC1/C=C/CCC(C)(C(=O)NCCOCCOCCOCCN(CCOCCOCCOCCC(=O)O)CCOCCOCCOCCC(=O)O)CC1. The minimum Gasteiger partial charge on any atom is -0.481 e. The molecule has 0 aromatic rings. The Hall–Kier alpha value is -2.25. The summed E-state index contributed by atoms with van der Waals surface area (Å²) in [6.45, 7) is 18.0. The standard InChI is InChI=1S/C37H68N2O14.C2H6/c1-33-5-3-4-9-37(2,10-6-33)36(44)38-11-17-47-23-29-53-32-26-50-20-14-39(12-18-48-24-30-51-27-21-45-15-7-34(40)41)13-19-49-25-31-52-28-22-46-16-8-35(42)43;1-2/h3,5,33H,4,6-32H2,1-2H3,(H,38,44)(H,40,41)(H,42,43);1-2H3/b5-3+;. The van der Waals surface area contributed by atoms with Gasteiger partial charge in [-0.25, -0.2) is 0 Å². The molecule has 3 N–H and O–H groups in total. The average molecular weight is 795 g/mol. The van der Waals surface area contributed by atoms with Gasteiger partial charge in [0.05, 0.1) is 132 Å². The second-order valence-electron chi connectivity index (χ2n) is 12.9. The van der Waals surface area contributed by atoms with Crippen LogP contribution >= 0.6 is 0 Å². The lowest BCUT2D eigenvalue weighted by atomic mass is 9.77. The monoisotopic (exact) mass is 795 g/mol. The van der Waals surface area contributed by atoms with E-state index in [1.807, 2.05) is 13.8 Å². The van der Waals surface area contributed by atoms with Crippen molar-refractivity contribution in [3.8, 4) is 0 Å². The molecule has 0 bridgehead atoms. The highest BCUT2D eigenvalue weighted by Crippen LogP contribution is 2.33. The predicted octanol–water partition coefficient (Wildman–Crippen LogP) is 3.30. The smallest absolute Gasteiger partial charge is 0.305 e. The maximum absolute atomic E-state index is 12.8. The zero-order valence-corrected chi connectivity index (χ0v) is 34.3. The number of carbonyl (C=O) groups is 3. The summed E-state index contributed by atoms with van der Waals surface area (Å²) in [6, 6.07) is 0. The lowest BCUT2D eigenvalue weighted by molar-refractivity contribution is -0.139. The van der Waals surface area contributed by atoms with Crippen LogP contribution in [0, 0.1) is 11.3 Å². The van der Waals surface area contributed by atoms with Crippen LogP contribution in [0.1, 0.15) is 66.2 Å². The third-order valence-corrected chi connectivity index (χ3v) is 8.37. The zero-order valence-electron chi connectivity index (χ0n) is 34.3. The molecule has 0 spiro atoms. The van der Waals surface area contributed by atoms with Crippen LogP contribution in [0.5, 0.6) is 0 Å². The lowest BCUT2D eigenvalue weighted by Crippen LogP contribution is -2.41. The number of hydrogen-bond acceptors (Lipinski definition) is 13. The van der Waals surface area contributed by atoms with Crippen LogP contribution in [-0.2, 0) is 57.0 Å². The Kier molecular flexibility index (Phi) is 37.0. The summed E-state index contributed by atoms with van der Waals surface area (Å²) in [4.78, 5) is 36.0. The largest absolute Gasteiger partial charge is 0.481 e. The molecule has 1 aliphatic rings. The Labute approximate surface area is 329 Å². The van der Waals surface area contributed by atoms with E-state index in [9.17, 15) is 14.4 Å². The highest BCUT2D eigenvalue weighted by atomic mass is 16.6. The molecule has 0 saturated carbocycles. The lowest BCUT2D eigenvalue weighted by Gasteiger charge is -2.30. The van der Waals surface area contributed by atoms with E-state index in [0.29, 0.717) is 138 Å². The molecule has 0 saturated heterocycles. The predicted molar refractivity (Wildman–Crippen MR) is 208 cm³/mol. The topological polar surface area (TPSA) is 190 Å². The van der Waals surface area contributed by atoms with E-state index in [-0.39, 0.29) is 37.4 Å². The van der Waals surface area contributed by atoms with Crippen LogP contribution in [0.4, 0.5) is 0 Å². The summed E-state index contributed by atoms with van der Waals surface area (Å²) in [5.74, 6) is -1.16. The molecule has 1 aliphatic carbocycles. The average Bonchev–Trinajstić information content (AvgIpc) is 3.16. The van der Waals surface area contributed by atoms with Crippen molar-refractivity contribution in [1.29, 1.82) is 0 Å². The van der Waals surface area contributed by atoms with Gasteiger partial charge in [-0.05, 0) is 31.6 Å². The van der Waals surface area contributed by atoms with Gasteiger partial charge in [0.2, 0.25) is 5.91 Å². The van der Waals surface area contributed by atoms with Gasteiger partial charge >= 0.3 is 11.9 Å². The second-order valence-corrected chi connectivity index (χ2v) is 12.9. The molecule has 0 heterocycles. The molecule has 0 aromatic heterocycles. The number of hydrogen-bond donors (Lipinski definition) is 3. The van der Waals surface area contributed by atoms with Crippen LogP contribution in [0.15, 0.2) is 12.2 Å². The summed E-state index contributed by atoms with van der Waals surface area (Å²) in [5, 5.41) is 20.3. The highest BCUT2D eigenvalue weighted by Gasteiger charge is 2.32. The van der Waals surface area contributed by atoms with Gasteiger partial charge in [-0.15, -0.1) is 0 Å². The number of aliphatic carboxylic acids is 2. The molecule has 1 amide bonds. The van der Waals surface area contributed by atoms with Crippen molar-refractivity contribution in [3.63, 3.8) is 0 Å². The van der Waals surface area contributed by atoms with Crippen LogP contribution in [0.25, 0.3) is 0 Å². The fourth-order valence-electron chi connectivity index (χ4n) is 5.04. The van der Waals surface area contributed by atoms with Crippen molar-refractivity contribution in [2.45, 2.75) is 66.2 Å². The molecule has 2 unspecified atom stereocenters. The van der Waals surface area contributed by atoms with Gasteiger partial charge in [-0.2, -0.15) is 0 Å². The first kappa shape index (κ1) is 52.8. The van der Waals surface area contributed by atoms with E-state index in [2.05, 4.69) is 36.2 Å². The van der Waals surface area contributed by atoms with Crippen molar-refractivity contribution in [2.75, 3.05) is 145 Å². The van der Waals surface area contributed by atoms with Crippen LogP contribution in [0.2, 0.25) is 0 Å². The van der Waals surface area contributed by atoms with Crippen molar-refractivity contribution in [2.24, 2.45) is 11.3 Å². The number of carboxylic acids is 2. The third kappa shape index (κ3) is 34.7. The van der Waals surface area contributed by atoms with Gasteiger partial charge in [0.1, 0.15) is 0 Å². The first-order valence-electron chi connectivity index (χ1n) is 20.0. The Morgan fingerprint density at radius 2 is 0.964 bits per heavy atom. The van der Waals surface area contributed by atoms with Gasteiger partial charge in [-0.1, -0.05) is 39.8 Å². The molecule has 1 rings (SSSR count). The maximum atomic E-state index is 12.8. The molecule has 0 aliphatic heterocycles. The molecular weight excluding hydrogens is 720 g/mol. The number of allylic oxidation sites excluding steroid dienone is 2. The summed E-state index contributed by atoms with van der Waals surface area (Å²) < 4.78 is 49.7. The minimum atomic E-state index is -0.890. The Morgan fingerprint density at radius 3 is 1.36 bits per heavy atom. The molecule has 16 nitrogen and oxygen atoms in total. The van der Waals surface area contributed by atoms with Crippen molar-refractivity contribution in [3.05, 3.63) is 12.2 Å². The van der Waals surface area contributed by atoms with Crippen LogP contribution in [0.3, 0.4) is 0 Å². The van der Waals surface area contributed by atoms with E-state index in [0.717, 1.165) is 25.7 Å². The molecular formula is C39H74N2O14. The van der Waals surface area contributed by atoms with E-state index < -0.39 is 11.9 Å². The molecule has 2 atom stereocenters. The minimum absolute atomic E-state index is 0.0262. The maximum Gasteiger partial charge on any atom is 0.305 e. The molecule has 324 valence electrons. The van der Waals surface area contributed by atoms with Gasteiger partial charge in [-0.3, -0.25) is 19.3 Å². The first-order chi connectivity index (χ1) is 26.7. The molecule has 0 fully saturated rings. The number of amides is 1. The van der Waals surface area contributed by atoms with Crippen LogP contribution < -0.4 is 5.32 Å². The van der Waals surface area contributed by atoms with E-state index in [1.54, 1.807) is 0 Å². The van der Waals surface area contributed by atoms with Gasteiger partial charge < -0.3 is 58.2 Å². The number of nitrogens with zero attached hydrogens (tertiary/aromatic N) is 1. The number of carbonyl (C=O) groups excluding carboxylic acids is 1. The summed E-state index contributed by atoms with van der Waals surface area (Å²) in [6.07, 6.45) is 8.10. The molecule has 55 heavy (non-hydrogen) atoms. The highest BCUT2D eigenvalue weighted by molar-refractivity contribution is 5.82. The number of ether oxygens (including phenoxy) is 9. The number of carboxylic acid groups (broad SMARTS) is 2. The molecule has 0 aromatic carbocycles. The second kappa shape index (κ2) is 38.6. The van der Waals surface area contributed by atoms with Gasteiger partial charge in [0.15, 0.2) is 0 Å². The third-order valence-electron chi connectivity index (χ3n) is 8.37. The summed E-state index contributed by atoms with van der Waals surface area (Å²) >= 11 is 0. The Morgan fingerprint density at radius 1 is 0.600 bits per heavy atom. The fourth-order valence-corrected chi connectivity index (χ4v) is 5.04. The fraction of sp³-hybridized carbons (Fsp3) is 0.872. The normalized spacial score (nSPS) is 17.6. The van der Waals surface area contributed by atoms with Crippen molar-refractivity contribution < 1.29 is 67.2 Å². The zero-order chi connectivity index (χ0) is 40.7. The Balaban J connectivity index is 0.0000143. The summed E-state index contributed by atoms with van der Waals surface area (Å²) in [7, 11) is 0. The van der Waals surface area contributed by atoms with Crippen molar-refractivity contribution >= 4 is 17.8 Å². The Bertz CT molecular complexity index is 908. The first-order valence-corrected chi connectivity index (χ1v) is 20.0. The van der Waals surface area contributed by atoms with E-state index >= 15 is 0 Å². The van der Waals surface area contributed by atoms with Gasteiger partial charge in [0, 0.05) is 31.6 Å². The number of rotatable bonds is 37. The molecule has 0 radical (unpaired) electrons.